The first-order valence-corrected chi connectivity index (χ1v) is 10.7. The molecule has 0 aliphatic carbocycles. The zero-order valence-corrected chi connectivity index (χ0v) is 18.7. The van der Waals surface area contributed by atoms with Crippen LogP contribution in [0.2, 0.25) is 5.02 Å². The third-order valence-electron chi connectivity index (χ3n) is 4.54. The van der Waals surface area contributed by atoms with Gasteiger partial charge in [0.1, 0.15) is 5.82 Å². The molecule has 2 aromatic carbocycles. The second-order valence-electron chi connectivity index (χ2n) is 6.64. The number of halogens is 2. The molecule has 0 spiro atoms. The van der Waals surface area contributed by atoms with Gasteiger partial charge in [0.25, 0.3) is 11.1 Å². The molecule has 31 heavy (non-hydrogen) atoms. The lowest BCUT2D eigenvalue weighted by Gasteiger charge is -2.15. The number of ether oxygens (including phenoxy) is 2. The summed E-state index contributed by atoms with van der Waals surface area (Å²) in [5, 5.41) is -0.255. The predicted octanol–water partition coefficient (Wildman–Crippen LogP) is 5.85. The Morgan fingerprint density at radius 2 is 2.00 bits per heavy atom. The van der Waals surface area contributed by atoms with Gasteiger partial charge in [-0.3, -0.25) is 14.5 Å². The predicted molar refractivity (Wildman–Crippen MR) is 121 cm³/mol. The smallest absolute Gasteiger partial charge is 0.293 e. The minimum absolute atomic E-state index is 0.0321. The van der Waals surface area contributed by atoms with Crippen LogP contribution in [0, 0.1) is 5.82 Å². The van der Waals surface area contributed by atoms with Gasteiger partial charge < -0.3 is 9.47 Å². The van der Waals surface area contributed by atoms with Crippen molar-refractivity contribution < 1.29 is 23.5 Å². The first-order valence-electron chi connectivity index (χ1n) is 9.51. The molecule has 0 unspecified atom stereocenters. The SMILES string of the molecule is C=CCc1cc(/C=C2/SC(=O)N(Cc3ccc(F)cc3Cl)C2=O)cc(OCC)c1OC. The van der Waals surface area contributed by atoms with Crippen LogP contribution in [0.15, 0.2) is 47.9 Å². The van der Waals surface area contributed by atoms with E-state index in [-0.39, 0.29) is 16.5 Å². The molecule has 1 fully saturated rings. The summed E-state index contributed by atoms with van der Waals surface area (Å²) >= 11 is 6.89. The summed E-state index contributed by atoms with van der Waals surface area (Å²) < 4.78 is 24.4. The van der Waals surface area contributed by atoms with E-state index < -0.39 is 17.0 Å². The van der Waals surface area contributed by atoms with E-state index in [2.05, 4.69) is 6.58 Å². The monoisotopic (exact) mass is 461 g/mol. The van der Waals surface area contributed by atoms with Gasteiger partial charge in [-0.15, -0.1) is 6.58 Å². The van der Waals surface area contributed by atoms with E-state index in [1.165, 1.54) is 12.1 Å². The van der Waals surface area contributed by atoms with Crippen molar-refractivity contribution in [2.45, 2.75) is 19.9 Å². The van der Waals surface area contributed by atoms with Crippen LogP contribution in [0.1, 0.15) is 23.6 Å². The number of rotatable bonds is 8. The van der Waals surface area contributed by atoms with Crippen LogP contribution < -0.4 is 9.47 Å². The minimum Gasteiger partial charge on any atom is -0.493 e. The molecule has 0 aromatic heterocycles. The van der Waals surface area contributed by atoms with Crippen molar-refractivity contribution in [3.05, 3.63) is 75.4 Å². The Morgan fingerprint density at radius 1 is 1.23 bits per heavy atom. The molecule has 1 saturated heterocycles. The van der Waals surface area contributed by atoms with E-state index >= 15 is 0 Å². The maximum absolute atomic E-state index is 13.3. The molecule has 0 bridgehead atoms. The first-order chi connectivity index (χ1) is 14.9. The lowest BCUT2D eigenvalue weighted by Crippen LogP contribution is -2.27. The van der Waals surface area contributed by atoms with Gasteiger partial charge in [0.15, 0.2) is 11.5 Å². The molecule has 0 saturated carbocycles. The molecule has 2 amide bonds. The van der Waals surface area contributed by atoms with Crippen LogP contribution in [-0.2, 0) is 17.8 Å². The number of nitrogens with zero attached hydrogens (tertiary/aromatic N) is 1. The maximum atomic E-state index is 13.3. The number of allylic oxidation sites excluding steroid dienone is 1. The van der Waals surface area contributed by atoms with Crippen LogP contribution >= 0.6 is 23.4 Å². The van der Waals surface area contributed by atoms with Crippen molar-refractivity contribution in [3.63, 3.8) is 0 Å². The fourth-order valence-electron chi connectivity index (χ4n) is 3.18. The number of thioether (sulfide) groups is 1. The highest BCUT2D eigenvalue weighted by atomic mass is 35.5. The molecule has 0 radical (unpaired) electrons. The Kier molecular flexibility index (Phi) is 7.41. The number of amides is 2. The van der Waals surface area contributed by atoms with Crippen LogP contribution in [-0.4, -0.2) is 29.8 Å². The zero-order chi connectivity index (χ0) is 22.5. The van der Waals surface area contributed by atoms with Crippen LogP contribution in [0.4, 0.5) is 9.18 Å². The Morgan fingerprint density at radius 3 is 2.65 bits per heavy atom. The highest BCUT2D eigenvalue weighted by molar-refractivity contribution is 8.18. The van der Waals surface area contributed by atoms with E-state index in [0.29, 0.717) is 35.7 Å². The molecule has 1 aliphatic heterocycles. The van der Waals surface area contributed by atoms with Gasteiger partial charge in [-0.1, -0.05) is 23.7 Å². The van der Waals surface area contributed by atoms with E-state index in [1.807, 2.05) is 13.0 Å². The van der Waals surface area contributed by atoms with Crippen molar-refractivity contribution in [1.29, 1.82) is 0 Å². The highest BCUT2D eigenvalue weighted by Gasteiger charge is 2.35. The number of methoxy groups -OCH3 is 1. The van der Waals surface area contributed by atoms with Crippen molar-refractivity contribution in [2.75, 3.05) is 13.7 Å². The van der Waals surface area contributed by atoms with Gasteiger partial charge in [-0.2, -0.15) is 0 Å². The number of hydrogen-bond acceptors (Lipinski definition) is 5. The lowest BCUT2D eigenvalue weighted by molar-refractivity contribution is -0.123. The quantitative estimate of drug-likeness (QED) is 0.364. The van der Waals surface area contributed by atoms with Gasteiger partial charge >= 0.3 is 0 Å². The van der Waals surface area contributed by atoms with Gasteiger partial charge in [-0.05, 0) is 66.6 Å². The lowest BCUT2D eigenvalue weighted by atomic mass is 10.0. The third kappa shape index (κ3) is 5.11. The average Bonchev–Trinajstić information content (AvgIpc) is 2.97. The van der Waals surface area contributed by atoms with E-state index in [1.54, 1.807) is 25.3 Å². The first kappa shape index (κ1) is 22.9. The summed E-state index contributed by atoms with van der Waals surface area (Å²) in [4.78, 5) is 26.7. The maximum Gasteiger partial charge on any atom is 0.293 e. The second-order valence-corrected chi connectivity index (χ2v) is 8.04. The Balaban J connectivity index is 1.92. The molecule has 2 aromatic rings. The molecule has 1 aliphatic rings. The topological polar surface area (TPSA) is 55.8 Å². The Bertz CT molecular complexity index is 1070. The van der Waals surface area contributed by atoms with Gasteiger partial charge in [0, 0.05) is 10.6 Å². The second kappa shape index (κ2) is 10.0. The van der Waals surface area contributed by atoms with E-state index in [9.17, 15) is 14.0 Å². The van der Waals surface area contributed by atoms with E-state index in [0.717, 1.165) is 28.3 Å². The van der Waals surface area contributed by atoms with Crippen molar-refractivity contribution >= 4 is 40.6 Å². The third-order valence-corrected chi connectivity index (χ3v) is 5.80. The summed E-state index contributed by atoms with van der Waals surface area (Å²) in [6, 6.07) is 7.49. The average molecular weight is 462 g/mol. The molecule has 0 atom stereocenters. The summed E-state index contributed by atoms with van der Waals surface area (Å²) in [6.45, 7) is 6.05. The summed E-state index contributed by atoms with van der Waals surface area (Å²) in [7, 11) is 1.57. The van der Waals surface area contributed by atoms with Crippen LogP contribution in [0.3, 0.4) is 0 Å². The largest absolute Gasteiger partial charge is 0.493 e. The Labute approximate surface area is 189 Å². The minimum atomic E-state index is -0.484. The number of carbonyl (C=O) groups is 2. The Hall–Kier alpha value is -2.77. The number of benzene rings is 2. The van der Waals surface area contributed by atoms with Crippen LogP contribution in [0.5, 0.6) is 11.5 Å². The van der Waals surface area contributed by atoms with Crippen molar-refractivity contribution in [3.8, 4) is 11.5 Å². The molecule has 0 N–H and O–H groups in total. The fraction of sp³-hybridized carbons (Fsp3) is 0.217. The normalized spacial score (nSPS) is 15.0. The number of carbonyl (C=O) groups excluding carboxylic acids is 2. The molecule has 3 rings (SSSR count). The molecular weight excluding hydrogens is 441 g/mol. The molecule has 1 heterocycles. The summed E-state index contributed by atoms with van der Waals surface area (Å²) in [6.07, 6.45) is 3.94. The summed E-state index contributed by atoms with van der Waals surface area (Å²) in [5.41, 5.74) is 2.04. The molecule has 8 heteroatoms. The van der Waals surface area contributed by atoms with Crippen molar-refractivity contribution in [2.24, 2.45) is 0 Å². The number of imide groups is 1. The van der Waals surface area contributed by atoms with Crippen molar-refractivity contribution in [1.82, 2.24) is 4.90 Å². The van der Waals surface area contributed by atoms with Gasteiger partial charge in [0.2, 0.25) is 0 Å². The standard InChI is InChI=1S/C23H21ClFNO4S/c1-4-6-15-9-14(10-19(30-5-2)21(15)29-3)11-20-22(27)26(23(28)31-20)13-16-7-8-17(25)12-18(16)24/h4,7-12H,1,5-6,13H2,2-3H3/b20-11+. The fourth-order valence-corrected chi connectivity index (χ4v) is 4.24. The zero-order valence-electron chi connectivity index (χ0n) is 17.1. The highest BCUT2D eigenvalue weighted by Crippen LogP contribution is 2.38. The van der Waals surface area contributed by atoms with Gasteiger partial charge in [0.05, 0.1) is 25.2 Å². The molecule has 162 valence electrons. The van der Waals surface area contributed by atoms with Crippen LogP contribution in [0.25, 0.3) is 6.08 Å². The van der Waals surface area contributed by atoms with Gasteiger partial charge in [-0.25, -0.2) is 4.39 Å². The van der Waals surface area contributed by atoms with E-state index in [4.69, 9.17) is 21.1 Å². The summed E-state index contributed by atoms with van der Waals surface area (Å²) in [5.74, 6) is 0.239. The number of hydrogen-bond donors (Lipinski definition) is 0. The molecular formula is C23H21ClFNO4S. The molecule has 5 nitrogen and oxygen atoms in total.